The van der Waals surface area contributed by atoms with E-state index in [0.717, 1.165) is 52.7 Å². The maximum atomic E-state index is 13.6. The van der Waals surface area contributed by atoms with Crippen molar-refractivity contribution in [3.05, 3.63) is 221 Å². The molecule has 0 aliphatic heterocycles. The first kappa shape index (κ1) is 40.7. The van der Waals surface area contributed by atoms with Gasteiger partial charge in [0.1, 0.15) is 22.3 Å². The molecular formula is C54H32Br2O8. The highest BCUT2D eigenvalue weighted by Gasteiger charge is 2.28. The molecule has 7 aromatic carbocycles. The van der Waals surface area contributed by atoms with Crippen LogP contribution in [0.15, 0.2) is 194 Å². The number of halogens is 2. The predicted octanol–water partition coefficient (Wildman–Crippen LogP) is 14.2. The Kier molecular flexibility index (Phi) is 10.4. The normalized spacial score (nSPS) is 11.4. The SMILES string of the molecule is Cc1cc(=O)oc2c1ccc1oc(C(=O)c3ccccc3)c(-c3cc(Br)cc(Br)c3)c12.Cc1cc(=O)oc2c1ccc1oc(C(=O)c3ccccc3)c(-c3ccc4ccccc4c3)c12. The molecule has 0 spiro atoms. The van der Waals surface area contributed by atoms with Gasteiger partial charge in [-0.3, -0.25) is 9.59 Å². The van der Waals surface area contributed by atoms with E-state index < -0.39 is 11.3 Å². The van der Waals surface area contributed by atoms with Crippen molar-refractivity contribution in [2.45, 2.75) is 13.8 Å². The molecule has 8 nitrogen and oxygen atoms in total. The molecule has 4 heterocycles. The molecule has 11 aromatic rings. The van der Waals surface area contributed by atoms with Crippen molar-refractivity contribution in [3.8, 4) is 22.3 Å². The Labute approximate surface area is 380 Å². The van der Waals surface area contributed by atoms with Crippen LogP contribution in [0.1, 0.15) is 43.4 Å². The summed E-state index contributed by atoms with van der Waals surface area (Å²) >= 11 is 7.05. The number of carbonyl (C=O) groups excluding carboxylic acids is 2. The van der Waals surface area contributed by atoms with E-state index in [-0.39, 0.29) is 23.1 Å². The van der Waals surface area contributed by atoms with Gasteiger partial charge in [0, 0.05) is 54.1 Å². The Hall–Kier alpha value is -7.40. The minimum Gasteiger partial charge on any atom is -0.452 e. The maximum absolute atomic E-state index is 13.6. The van der Waals surface area contributed by atoms with Crippen LogP contribution in [0.5, 0.6) is 0 Å². The largest absolute Gasteiger partial charge is 0.452 e. The molecule has 0 aliphatic rings. The fourth-order valence-electron chi connectivity index (χ4n) is 8.28. The number of carbonyl (C=O) groups is 2. The summed E-state index contributed by atoms with van der Waals surface area (Å²) in [6.07, 6.45) is 0. The molecular weight excluding hydrogens is 936 g/mol. The van der Waals surface area contributed by atoms with Gasteiger partial charge in [0.25, 0.3) is 0 Å². The summed E-state index contributed by atoms with van der Waals surface area (Å²) in [5, 5.41) is 4.97. The van der Waals surface area contributed by atoms with Crippen LogP contribution in [0.4, 0.5) is 0 Å². The van der Waals surface area contributed by atoms with Gasteiger partial charge < -0.3 is 17.7 Å². The smallest absolute Gasteiger partial charge is 0.336 e. The van der Waals surface area contributed by atoms with E-state index in [1.807, 2.05) is 135 Å². The summed E-state index contributed by atoms with van der Waals surface area (Å²) in [6.45, 7) is 3.73. The molecule has 0 atom stereocenters. The molecule has 0 radical (unpaired) electrons. The Balaban J connectivity index is 0.000000152. The number of rotatable bonds is 6. The van der Waals surface area contributed by atoms with Crippen molar-refractivity contribution < 1.29 is 27.3 Å². The Morgan fingerprint density at radius 2 is 0.891 bits per heavy atom. The lowest BCUT2D eigenvalue weighted by Gasteiger charge is -2.07. The molecule has 310 valence electrons. The van der Waals surface area contributed by atoms with Crippen LogP contribution in [0.25, 0.3) is 76.9 Å². The van der Waals surface area contributed by atoms with Crippen LogP contribution >= 0.6 is 31.9 Å². The maximum Gasteiger partial charge on any atom is 0.336 e. The fourth-order valence-corrected chi connectivity index (χ4v) is 9.57. The molecule has 0 bridgehead atoms. The third-order valence-corrected chi connectivity index (χ3v) is 12.1. The standard InChI is InChI=1S/C29H18O4.C25H14Br2O4/c1-17-15-24(30)33-28-22(17)13-14-23-26(28)25(21-12-11-18-7-5-6-10-20(18)16-21)29(32-23)27(31)19-8-3-2-4-9-19;1-13-9-20(28)31-24-18(13)7-8-19-22(24)21(15-10-16(26)12-17(27)11-15)25(30-19)23(29)14-5-3-2-4-6-14/h2-16H,1H3;2-12H,1H3. The zero-order valence-electron chi connectivity index (χ0n) is 34.0. The zero-order valence-corrected chi connectivity index (χ0v) is 37.2. The van der Waals surface area contributed by atoms with Gasteiger partial charge in [0.05, 0.1) is 10.8 Å². The number of benzene rings is 7. The molecule has 0 amide bonds. The predicted molar refractivity (Wildman–Crippen MR) is 258 cm³/mol. The van der Waals surface area contributed by atoms with E-state index in [0.29, 0.717) is 55.4 Å². The summed E-state index contributed by atoms with van der Waals surface area (Å²) in [5.41, 5.74) is 6.38. The number of furan rings is 2. The minimum atomic E-state index is -0.448. The summed E-state index contributed by atoms with van der Waals surface area (Å²) in [6, 6.07) is 48.1. The van der Waals surface area contributed by atoms with Gasteiger partial charge in [-0.1, -0.05) is 129 Å². The molecule has 64 heavy (non-hydrogen) atoms. The lowest BCUT2D eigenvalue weighted by molar-refractivity contribution is 0.100. The number of aryl methyl sites for hydroxylation is 2. The highest BCUT2D eigenvalue weighted by atomic mass is 79.9. The Morgan fingerprint density at radius 1 is 0.438 bits per heavy atom. The average molecular weight is 969 g/mol. The van der Waals surface area contributed by atoms with Crippen molar-refractivity contribution >= 4 is 98.1 Å². The second kappa shape index (κ2) is 16.4. The molecule has 0 N–H and O–H groups in total. The van der Waals surface area contributed by atoms with Crippen LogP contribution in [-0.4, -0.2) is 11.6 Å². The second-order valence-electron chi connectivity index (χ2n) is 15.4. The van der Waals surface area contributed by atoms with Crippen molar-refractivity contribution in [1.82, 2.24) is 0 Å². The van der Waals surface area contributed by atoms with E-state index >= 15 is 0 Å². The fraction of sp³-hybridized carbons (Fsp3) is 0.0370. The zero-order chi connectivity index (χ0) is 44.2. The van der Waals surface area contributed by atoms with Crippen LogP contribution in [0.3, 0.4) is 0 Å². The third kappa shape index (κ3) is 7.30. The molecule has 10 heteroatoms. The number of hydrogen-bond donors (Lipinski definition) is 0. The van der Waals surface area contributed by atoms with Gasteiger partial charge in [-0.05, 0) is 95.4 Å². The third-order valence-electron chi connectivity index (χ3n) is 11.2. The topological polar surface area (TPSA) is 121 Å². The molecule has 0 saturated carbocycles. The van der Waals surface area contributed by atoms with Gasteiger partial charge in [0.2, 0.25) is 11.6 Å². The first-order valence-electron chi connectivity index (χ1n) is 20.2. The lowest BCUT2D eigenvalue weighted by atomic mass is 9.95. The molecule has 0 fully saturated rings. The lowest BCUT2D eigenvalue weighted by Crippen LogP contribution is -2.01. The molecule has 0 saturated heterocycles. The second-order valence-corrected chi connectivity index (χ2v) is 17.2. The van der Waals surface area contributed by atoms with E-state index in [4.69, 9.17) is 17.7 Å². The van der Waals surface area contributed by atoms with Crippen LogP contribution in [-0.2, 0) is 0 Å². The number of ketones is 2. The van der Waals surface area contributed by atoms with Gasteiger partial charge >= 0.3 is 11.3 Å². The van der Waals surface area contributed by atoms with Crippen molar-refractivity contribution in [1.29, 1.82) is 0 Å². The number of hydrogen-bond acceptors (Lipinski definition) is 8. The Morgan fingerprint density at radius 3 is 1.39 bits per heavy atom. The van der Waals surface area contributed by atoms with E-state index in [1.54, 1.807) is 24.3 Å². The first-order chi connectivity index (χ1) is 31.0. The highest BCUT2D eigenvalue weighted by Crippen LogP contribution is 2.43. The quantitative estimate of drug-likeness (QED) is 0.119. The van der Waals surface area contributed by atoms with Gasteiger partial charge in [-0.25, -0.2) is 9.59 Å². The van der Waals surface area contributed by atoms with Crippen LogP contribution in [0, 0.1) is 13.8 Å². The minimum absolute atomic E-state index is 0.197. The van der Waals surface area contributed by atoms with Crippen molar-refractivity contribution in [2.75, 3.05) is 0 Å². The van der Waals surface area contributed by atoms with Crippen LogP contribution in [0.2, 0.25) is 0 Å². The summed E-state index contributed by atoms with van der Waals surface area (Å²) < 4.78 is 25.2. The molecule has 11 rings (SSSR count). The van der Waals surface area contributed by atoms with Crippen LogP contribution < -0.4 is 11.3 Å². The molecule has 4 aromatic heterocycles. The highest BCUT2D eigenvalue weighted by molar-refractivity contribution is 9.11. The van der Waals surface area contributed by atoms with E-state index in [1.165, 1.54) is 12.1 Å². The van der Waals surface area contributed by atoms with Gasteiger partial charge in [0.15, 0.2) is 11.5 Å². The average Bonchev–Trinajstić information content (AvgIpc) is 3.89. The van der Waals surface area contributed by atoms with E-state index in [9.17, 15) is 19.2 Å². The summed E-state index contributed by atoms with van der Waals surface area (Å²) in [7, 11) is 0. The van der Waals surface area contributed by atoms with Gasteiger partial charge in [-0.2, -0.15) is 0 Å². The first-order valence-corrected chi connectivity index (χ1v) is 21.8. The molecule has 0 unspecified atom stereocenters. The van der Waals surface area contributed by atoms with Crippen molar-refractivity contribution in [2.24, 2.45) is 0 Å². The summed E-state index contributed by atoms with van der Waals surface area (Å²) in [5.74, 6) is -0.0462. The monoisotopic (exact) mass is 966 g/mol. The van der Waals surface area contributed by atoms with Gasteiger partial charge in [-0.15, -0.1) is 0 Å². The summed E-state index contributed by atoms with van der Waals surface area (Å²) in [4.78, 5) is 51.5. The number of fused-ring (bicyclic) bond motifs is 7. The Bertz CT molecular complexity index is 3780. The van der Waals surface area contributed by atoms with Crippen molar-refractivity contribution in [3.63, 3.8) is 0 Å². The van der Waals surface area contributed by atoms with E-state index in [2.05, 4.69) is 31.9 Å². The molecule has 0 aliphatic carbocycles.